The Morgan fingerprint density at radius 1 is 1.33 bits per heavy atom. The first-order valence-electron chi connectivity index (χ1n) is 6.22. The van der Waals surface area contributed by atoms with E-state index in [0.29, 0.717) is 0 Å². The zero-order valence-electron chi connectivity index (χ0n) is 11.1. The van der Waals surface area contributed by atoms with Crippen LogP contribution < -0.4 is 5.32 Å². The second-order valence-corrected chi connectivity index (χ2v) is 4.37. The van der Waals surface area contributed by atoms with Gasteiger partial charge in [0.15, 0.2) is 5.82 Å². The van der Waals surface area contributed by atoms with E-state index in [1.54, 1.807) is 7.05 Å². The molecule has 0 aliphatic heterocycles. The first-order valence-corrected chi connectivity index (χ1v) is 6.22. The normalized spacial score (nSPS) is 12.6. The molecule has 0 aliphatic rings. The molecule has 1 aromatic heterocycles. The number of nitrogens with one attached hydrogen (secondary N) is 1. The van der Waals surface area contributed by atoms with Crippen molar-refractivity contribution in [1.29, 1.82) is 0 Å². The van der Waals surface area contributed by atoms with Gasteiger partial charge in [0, 0.05) is 12.5 Å². The Labute approximate surface area is 107 Å². The first kappa shape index (κ1) is 12.7. The highest BCUT2D eigenvalue weighted by atomic mass is 15.6. The van der Waals surface area contributed by atoms with Gasteiger partial charge in [0.1, 0.15) is 0 Å². The fourth-order valence-electron chi connectivity index (χ4n) is 2.10. The van der Waals surface area contributed by atoms with Crippen molar-refractivity contribution in [3.63, 3.8) is 0 Å². The number of benzene rings is 1. The SMILES string of the molecule is CCNC(Cc1nnn(C)n1)c1ccccc1C. The lowest BCUT2D eigenvalue weighted by molar-refractivity contribution is 0.532. The molecule has 0 saturated carbocycles. The Kier molecular flexibility index (Phi) is 4.04. The van der Waals surface area contributed by atoms with E-state index in [2.05, 4.69) is 58.8 Å². The summed E-state index contributed by atoms with van der Waals surface area (Å²) in [5.74, 6) is 0.770. The minimum Gasteiger partial charge on any atom is -0.310 e. The van der Waals surface area contributed by atoms with Crippen LogP contribution in [0.15, 0.2) is 24.3 Å². The van der Waals surface area contributed by atoms with Gasteiger partial charge in [0.05, 0.1) is 7.05 Å². The van der Waals surface area contributed by atoms with Crippen molar-refractivity contribution in [3.8, 4) is 0 Å². The van der Waals surface area contributed by atoms with E-state index < -0.39 is 0 Å². The maximum Gasteiger partial charge on any atom is 0.176 e. The van der Waals surface area contributed by atoms with Gasteiger partial charge in [-0.15, -0.1) is 10.2 Å². The lowest BCUT2D eigenvalue weighted by Gasteiger charge is -2.18. The maximum atomic E-state index is 4.24. The Morgan fingerprint density at radius 2 is 2.11 bits per heavy atom. The number of rotatable bonds is 5. The number of aromatic nitrogens is 4. The highest BCUT2D eigenvalue weighted by Crippen LogP contribution is 2.20. The van der Waals surface area contributed by atoms with Crippen LogP contribution in [0.3, 0.4) is 0 Å². The molecule has 0 aliphatic carbocycles. The van der Waals surface area contributed by atoms with Gasteiger partial charge in [-0.25, -0.2) is 0 Å². The van der Waals surface area contributed by atoms with E-state index in [1.165, 1.54) is 15.9 Å². The summed E-state index contributed by atoms with van der Waals surface area (Å²) >= 11 is 0. The number of nitrogens with zero attached hydrogens (tertiary/aromatic N) is 4. The molecule has 0 bridgehead atoms. The lowest BCUT2D eigenvalue weighted by atomic mass is 9.98. The summed E-state index contributed by atoms with van der Waals surface area (Å²) in [6, 6.07) is 8.64. The smallest absolute Gasteiger partial charge is 0.176 e. The highest BCUT2D eigenvalue weighted by Gasteiger charge is 2.15. The van der Waals surface area contributed by atoms with Gasteiger partial charge in [-0.2, -0.15) is 4.80 Å². The van der Waals surface area contributed by atoms with Crippen LogP contribution in [-0.4, -0.2) is 26.8 Å². The van der Waals surface area contributed by atoms with Crippen LogP contribution in [0.25, 0.3) is 0 Å². The topological polar surface area (TPSA) is 55.6 Å². The van der Waals surface area contributed by atoms with Crippen molar-refractivity contribution in [2.24, 2.45) is 7.05 Å². The molecule has 1 unspecified atom stereocenters. The molecule has 96 valence electrons. The van der Waals surface area contributed by atoms with Gasteiger partial charge in [0.25, 0.3) is 0 Å². The molecule has 0 fully saturated rings. The predicted octanol–water partition coefficient (Wildman–Crippen LogP) is 1.41. The minimum absolute atomic E-state index is 0.236. The minimum atomic E-state index is 0.236. The van der Waals surface area contributed by atoms with Crippen LogP contribution in [0, 0.1) is 6.92 Å². The Balaban J connectivity index is 2.20. The number of aryl methyl sites for hydroxylation is 2. The summed E-state index contributed by atoms with van der Waals surface area (Å²) in [6.07, 6.45) is 0.756. The van der Waals surface area contributed by atoms with Crippen LogP contribution in [0.5, 0.6) is 0 Å². The van der Waals surface area contributed by atoms with E-state index in [9.17, 15) is 0 Å². The molecule has 0 saturated heterocycles. The average Bonchev–Trinajstić information content (AvgIpc) is 2.75. The van der Waals surface area contributed by atoms with Gasteiger partial charge >= 0.3 is 0 Å². The first-order chi connectivity index (χ1) is 8.70. The summed E-state index contributed by atoms with van der Waals surface area (Å²) in [7, 11) is 1.78. The van der Waals surface area contributed by atoms with Crippen LogP contribution in [0.2, 0.25) is 0 Å². The maximum absolute atomic E-state index is 4.24. The molecular formula is C13H19N5. The zero-order valence-corrected chi connectivity index (χ0v) is 11.1. The van der Waals surface area contributed by atoms with Crippen LogP contribution >= 0.6 is 0 Å². The molecule has 0 amide bonds. The molecule has 0 radical (unpaired) electrons. The fraction of sp³-hybridized carbons (Fsp3) is 0.462. The zero-order chi connectivity index (χ0) is 13.0. The van der Waals surface area contributed by atoms with Gasteiger partial charge < -0.3 is 5.32 Å². The van der Waals surface area contributed by atoms with E-state index >= 15 is 0 Å². The Bertz CT molecular complexity index is 506. The Hall–Kier alpha value is -1.75. The largest absolute Gasteiger partial charge is 0.310 e. The van der Waals surface area contributed by atoms with Gasteiger partial charge in [-0.05, 0) is 29.8 Å². The molecule has 2 aromatic rings. The van der Waals surface area contributed by atoms with Crippen LogP contribution in [0.1, 0.15) is 29.9 Å². The third-order valence-corrected chi connectivity index (χ3v) is 2.95. The molecule has 0 spiro atoms. The third kappa shape index (κ3) is 2.92. The quantitative estimate of drug-likeness (QED) is 0.865. The summed E-state index contributed by atoms with van der Waals surface area (Å²) < 4.78 is 0. The van der Waals surface area contributed by atoms with Crippen molar-refractivity contribution < 1.29 is 0 Å². The van der Waals surface area contributed by atoms with E-state index in [0.717, 1.165) is 18.8 Å². The summed E-state index contributed by atoms with van der Waals surface area (Å²) in [4.78, 5) is 1.50. The molecule has 5 nitrogen and oxygen atoms in total. The fourth-order valence-corrected chi connectivity index (χ4v) is 2.10. The molecule has 1 heterocycles. The van der Waals surface area contributed by atoms with Crippen LogP contribution in [-0.2, 0) is 13.5 Å². The number of likely N-dealkylation sites (N-methyl/N-ethyl adjacent to an activating group) is 1. The lowest BCUT2D eigenvalue weighted by Crippen LogP contribution is -2.24. The molecular weight excluding hydrogens is 226 g/mol. The summed E-state index contributed by atoms with van der Waals surface area (Å²) in [6.45, 7) is 5.15. The Morgan fingerprint density at radius 3 is 2.72 bits per heavy atom. The average molecular weight is 245 g/mol. The van der Waals surface area contributed by atoms with Gasteiger partial charge in [-0.3, -0.25) is 0 Å². The predicted molar refractivity (Wildman–Crippen MR) is 70.1 cm³/mol. The van der Waals surface area contributed by atoms with Crippen molar-refractivity contribution in [1.82, 2.24) is 25.5 Å². The second kappa shape index (κ2) is 5.73. The van der Waals surface area contributed by atoms with Crippen molar-refractivity contribution in [2.75, 3.05) is 6.54 Å². The van der Waals surface area contributed by atoms with Gasteiger partial charge in [-0.1, -0.05) is 31.2 Å². The number of hydrogen-bond donors (Lipinski definition) is 1. The molecule has 5 heteroatoms. The third-order valence-electron chi connectivity index (χ3n) is 2.95. The summed E-state index contributed by atoms with van der Waals surface area (Å²) in [5.41, 5.74) is 2.58. The van der Waals surface area contributed by atoms with E-state index in [1.807, 2.05) is 0 Å². The molecule has 1 aromatic carbocycles. The molecule has 1 atom stereocenters. The highest BCUT2D eigenvalue weighted by molar-refractivity contribution is 5.29. The molecule has 18 heavy (non-hydrogen) atoms. The standard InChI is InChI=1S/C13H19N5/c1-4-14-12(9-13-15-17-18(3)16-13)11-8-6-5-7-10(11)2/h5-8,12,14H,4,9H2,1-3H3. The van der Waals surface area contributed by atoms with Crippen molar-refractivity contribution >= 4 is 0 Å². The van der Waals surface area contributed by atoms with Gasteiger partial charge in [0.2, 0.25) is 0 Å². The number of tetrazole rings is 1. The van der Waals surface area contributed by atoms with Crippen molar-refractivity contribution in [3.05, 3.63) is 41.2 Å². The van der Waals surface area contributed by atoms with E-state index in [-0.39, 0.29) is 6.04 Å². The summed E-state index contributed by atoms with van der Waals surface area (Å²) in [5, 5.41) is 15.7. The van der Waals surface area contributed by atoms with E-state index in [4.69, 9.17) is 0 Å². The molecule has 1 N–H and O–H groups in total. The molecule has 2 rings (SSSR count). The van der Waals surface area contributed by atoms with Crippen LogP contribution in [0.4, 0.5) is 0 Å². The monoisotopic (exact) mass is 245 g/mol. The van der Waals surface area contributed by atoms with Crippen molar-refractivity contribution in [2.45, 2.75) is 26.3 Å². The number of hydrogen-bond acceptors (Lipinski definition) is 4. The second-order valence-electron chi connectivity index (χ2n) is 4.37.